The van der Waals surface area contributed by atoms with Crippen LogP contribution < -0.4 is 4.74 Å². The SMILES string of the molecule is COc1cnccc1C(O)Cc1ncnn1C. The fraction of sp³-hybridized carbons (Fsp3) is 0.364. The molecular weight excluding hydrogens is 220 g/mol. The summed E-state index contributed by atoms with van der Waals surface area (Å²) in [7, 11) is 3.34. The van der Waals surface area contributed by atoms with Crippen LogP contribution in [0.1, 0.15) is 17.5 Å². The van der Waals surface area contributed by atoms with Crippen molar-refractivity contribution in [2.75, 3.05) is 7.11 Å². The number of rotatable bonds is 4. The molecule has 2 aromatic heterocycles. The molecule has 90 valence electrons. The van der Waals surface area contributed by atoms with Gasteiger partial charge in [-0.2, -0.15) is 5.10 Å². The molecule has 6 nitrogen and oxygen atoms in total. The zero-order chi connectivity index (χ0) is 12.3. The van der Waals surface area contributed by atoms with E-state index in [4.69, 9.17) is 4.74 Å². The number of hydrogen-bond acceptors (Lipinski definition) is 5. The van der Waals surface area contributed by atoms with Crippen molar-refractivity contribution in [3.8, 4) is 5.75 Å². The predicted octanol–water partition coefficient (Wildman–Crippen LogP) is 0.495. The van der Waals surface area contributed by atoms with E-state index in [0.717, 1.165) is 5.82 Å². The maximum Gasteiger partial charge on any atom is 0.142 e. The average Bonchev–Trinajstić information content (AvgIpc) is 2.75. The molecule has 0 fully saturated rings. The first-order chi connectivity index (χ1) is 8.22. The number of aliphatic hydroxyl groups excluding tert-OH is 1. The topological polar surface area (TPSA) is 73.1 Å². The molecule has 0 aliphatic rings. The van der Waals surface area contributed by atoms with Crippen molar-refractivity contribution in [1.82, 2.24) is 19.7 Å². The van der Waals surface area contributed by atoms with Crippen molar-refractivity contribution in [3.63, 3.8) is 0 Å². The highest BCUT2D eigenvalue weighted by atomic mass is 16.5. The Morgan fingerprint density at radius 2 is 2.35 bits per heavy atom. The van der Waals surface area contributed by atoms with Crippen LogP contribution in [0.25, 0.3) is 0 Å². The predicted molar refractivity (Wildman–Crippen MR) is 60.5 cm³/mol. The lowest BCUT2D eigenvalue weighted by molar-refractivity contribution is 0.170. The number of aryl methyl sites for hydroxylation is 1. The minimum Gasteiger partial charge on any atom is -0.495 e. The van der Waals surface area contributed by atoms with Gasteiger partial charge < -0.3 is 9.84 Å². The molecule has 0 aliphatic carbocycles. The fourth-order valence-corrected chi connectivity index (χ4v) is 1.62. The van der Waals surface area contributed by atoms with Gasteiger partial charge in [-0.3, -0.25) is 9.67 Å². The number of methoxy groups -OCH3 is 1. The molecule has 17 heavy (non-hydrogen) atoms. The van der Waals surface area contributed by atoms with E-state index >= 15 is 0 Å². The van der Waals surface area contributed by atoms with E-state index in [9.17, 15) is 5.11 Å². The Kier molecular flexibility index (Phi) is 3.34. The number of hydrogen-bond donors (Lipinski definition) is 1. The molecule has 0 amide bonds. The van der Waals surface area contributed by atoms with Crippen molar-refractivity contribution in [2.24, 2.45) is 7.05 Å². The Morgan fingerprint density at radius 3 is 3.00 bits per heavy atom. The summed E-state index contributed by atoms with van der Waals surface area (Å²) in [5.41, 5.74) is 0.700. The molecule has 1 unspecified atom stereocenters. The van der Waals surface area contributed by atoms with Crippen molar-refractivity contribution in [2.45, 2.75) is 12.5 Å². The van der Waals surface area contributed by atoms with Crippen LogP contribution in [0.5, 0.6) is 5.75 Å². The molecule has 2 rings (SSSR count). The molecule has 0 radical (unpaired) electrons. The molecule has 0 aromatic carbocycles. The fourth-order valence-electron chi connectivity index (χ4n) is 1.62. The molecule has 0 saturated carbocycles. The summed E-state index contributed by atoms with van der Waals surface area (Å²) in [6.45, 7) is 0. The van der Waals surface area contributed by atoms with Crippen LogP contribution in [0, 0.1) is 0 Å². The van der Waals surface area contributed by atoms with Gasteiger partial charge in [0.1, 0.15) is 17.9 Å². The minimum atomic E-state index is -0.684. The molecule has 2 aromatic rings. The second-order valence-electron chi connectivity index (χ2n) is 3.64. The Labute approximate surface area is 98.9 Å². The lowest BCUT2D eigenvalue weighted by Crippen LogP contribution is -2.09. The third-order valence-corrected chi connectivity index (χ3v) is 2.58. The number of nitrogens with zero attached hydrogens (tertiary/aromatic N) is 4. The summed E-state index contributed by atoms with van der Waals surface area (Å²) < 4.78 is 6.79. The second-order valence-corrected chi connectivity index (χ2v) is 3.64. The largest absolute Gasteiger partial charge is 0.495 e. The van der Waals surface area contributed by atoms with E-state index in [0.29, 0.717) is 17.7 Å². The smallest absolute Gasteiger partial charge is 0.142 e. The van der Waals surface area contributed by atoms with E-state index in [-0.39, 0.29) is 0 Å². The van der Waals surface area contributed by atoms with Gasteiger partial charge in [-0.25, -0.2) is 4.98 Å². The van der Waals surface area contributed by atoms with Gasteiger partial charge in [-0.05, 0) is 6.07 Å². The molecule has 0 bridgehead atoms. The van der Waals surface area contributed by atoms with Crippen LogP contribution in [0.2, 0.25) is 0 Å². The molecular formula is C11H14N4O2. The van der Waals surface area contributed by atoms with E-state index in [1.807, 2.05) is 0 Å². The van der Waals surface area contributed by atoms with Crippen molar-refractivity contribution in [3.05, 3.63) is 36.2 Å². The van der Waals surface area contributed by atoms with Crippen LogP contribution in [0.15, 0.2) is 24.8 Å². The van der Waals surface area contributed by atoms with Gasteiger partial charge in [-0.1, -0.05) is 0 Å². The lowest BCUT2D eigenvalue weighted by Gasteiger charge is -2.13. The first-order valence-electron chi connectivity index (χ1n) is 5.21. The van der Waals surface area contributed by atoms with Crippen LogP contribution in [0.3, 0.4) is 0 Å². The van der Waals surface area contributed by atoms with Gasteiger partial charge >= 0.3 is 0 Å². The Morgan fingerprint density at radius 1 is 1.53 bits per heavy atom. The maximum absolute atomic E-state index is 10.1. The van der Waals surface area contributed by atoms with Gasteiger partial charge in [0.25, 0.3) is 0 Å². The normalized spacial score (nSPS) is 12.4. The molecule has 0 aliphatic heterocycles. The van der Waals surface area contributed by atoms with Crippen molar-refractivity contribution in [1.29, 1.82) is 0 Å². The maximum atomic E-state index is 10.1. The molecule has 1 atom stereocenters. The van der Waals surface area contributed by atoms with Crippen LogP contribution in [0.4, 0.5) is 0 Å². The zero-order valence-corrected chi connectivity index (χ0v) is 9.74. The Bertz CT molecular complexity index is 498. The number of aliphatic hydroxyl groups is 1. The van der Waals surface area contributed by atoms with Crippen LogP contribution in [-0.2, 0) is 13.5 Å². The summed E-state index contributed by atoms with van der Waals surface area (Å²) in [6.07, 6.45) is 4.37. The van der Waals surface area contributed by atoms with Gasteiger partial charge in [0.05, 0.1) is 19.4 Å². The Balaban J connectivity index is 2.20. The van der Waals surface area contributed by atoms with Crippen LogP contribution in [-0.4, -0.2) is 32.0 Å². The first-order valence-corrected chi connectivity index (χ1v) is 5.21. The Hall–Kier alpha value is -1.95. The number of ether oxygens (including phenoxy) is 1. The highest BCUT2D eigenvalue weighted by Crippen LogP contribution is 2.25. The monoisotopic (exact) mass is 234 g/mol. The standard InChI is InChI=1S/C11H14N4O2/c1-15-11(13-7-14-15)5-9(16)8-3-4-12-6-10(8)17-2/h3-4,6-7,9,16H,5H2,1-2H3. The van der Waals surface area contributed by atoms with Gasteiger partial charge in [-0.15, -0.1) is 0 Å². The van der Waals surface area contributed by atoms with Gasteiger partial charge in [0.15, 0.2) is 0 Å². The molecule has 6 heteroatoms. The zero-order valence-electron chi connectivity index (χ0n) is 9.74. The van der Waals surface area contributed by atoms with Gasteiger partial charge in [0.2, 0.25) is 0 Å². The highest BCUT2D eigenvalue weighted by molar-refractivity contribution is 5.32. The van der Waals surface area contributed by atoms with Crippen molar-refractivity contribution < 1.29 is 9.84 Å². The van der Waals surface area contributed by atoms with Crippen LogP contribution >= 0.6 is 0 Å². The lowest BCUT2D eigenvalue weighted by atomic mass is 10.1. The second kappa shape index (κ2) is 4.92. The summed E-state index contributed by atoms with van der Waals surface area (Å²) in [4.78, 5) is 8.02. The number of pyridine rings is 1. The summed E-state index contributed by atoms with van der Waals surface area (Å²) >= 11 is 0. The summed E-state index contributed by atoms with van der Waals surface area (Å²) in [5, 5.41) is 14.1. The van der Waals surface area contributed by atoms with Crippen molar-refractivity contribution >= 4 is 0 Å². The quantitative estimate of drug-likeness (QED) is 0.833. The minimum absolute atomic E-state index is 0.386. The highest BCUT2D eigenvalue weighted by Gasteiger charge is 2.16. The molecule has 0 spiro atoms. The average molecular weight is 234 g/mol. The first kappa shape index (κ1) is 11.5. The van der Waals surface area contributed by atoms with E-state index < -0.39 is 6.10 Å². The molecule has 0 saturated heterocycles. The summed E-state index contributed by atoms with van der Waals surface area (Å²) in [5.74, 6) is 1.29. The third kappa shape index (κ3) is 2.42. The van der Waals surface area contributed by atoms with E-state index in [1.165, 1.54) is 6.33 Å². The van der Waals surface area contributed by atoms with E-state index in [2.05, 4.69) is 15.1 Å². The molecule has 1 N–H and O–H groups in total. The number of aromatic nitrogens is 4. The summed E-state index contributed by atoms with van der Waals surface area (Å²) in [6, 6.07) is 1.74. The molecule has 2 heterocycles. The van der Waals surface area contributed by atoms with E-state index in [1.54, 1.807) is 37.3 Å². The third-order valence-electron chi connectivity index (χ3n) is 2.58. The van der Waals surface area contributed by atoms with Gasteiger partial charge in [0, 0.05) is 25.2 Å².